The van der Waals surface area contributed by atoms with Crippen molar-refractivity contribution >= 4 is 0 Å². The smallest absolute Gasteiger partial charge is 0.106 e. The SMILES string of the molecule is CCC(C#N)(CCCOC1CCC1)NC(C)C. The number of rotatable bonds is 8. The van der Waals surface area contributed by atoms with Crippen molar-refractivity contribution < 1.29 is 4.74 Å². The monoisotopic (exact) mass is 238 g/mol. The molecular formula is C14H26N2O. The summed E-state index contributed by atoms with van der Waals surface area (Å²) in [5.74, 6) is 0. The minimum Gasteiger partial charge on any atom is -0.378 e. The summed E-state index contributed by atoms with van der Waals surface area (Å²) in [7, 11) is 0. The summed E-state index contributed by atoms with van der Waals surface area (Å²) < 4.78 is 5.73. The number of hydrogen-bond donors (Lipinski definition) is 1. The highest BCUT2D eigenvalue weighted by Crippen LogP contribution is 2.23. The van der Waals surface area contributed by atoms with Gasteiger partial charge in [0.2, 0.25) is 0 Å². The van der Waals surface area contributed by atoms with Crippen LogP contribution in [0.4, 0.5) is 0 Å². The summed E-state index contributed by atoms with van der Waals surface area (Å²) in [5, 5.41) is 12.7. The van der Waals surface area contributed by atoms with E-state index in [-0.39, 0.29) is 5.54 Å². The van der Waals surface area contributed by atoms with Gasteiger partial charge in [0.1, 0.15) is 5.54 Å². The summed E-state index contributed by atoms with van der Waals surface area (Å²) in [6.45, 7) is 7.05. The Bertz CT molecular complexity index is 255. The molecule has 0 aromatic heterocycles. The van der Waals surface area contributed by atoms with E-state index in [1.807, 2.05) is 0 Å². The van der Waals surface area contributed by atoms with Gasteiger partial charge in [0.05, 0.1) is 12.2 Å². The molecule has 0 heterocycles. The highest BCUT2D eigenvalue weighted by Gasteiger charge is 2.28. The maximum absolute atomic E-state index is 9.34. The summed E-state index contributed by atoms with van der Waals surface area (Å²) in [6.07, 6.45) is 6.97. The van der Waals surface area contributed by atoms with E-state index in [9.17, 15) is 5.26 Å². The van der Waals surface area contributed by atoms with Crippen LogP contribution >= 0.6 is 0 Å². The molecule has 1 unspecified atom stereocenters. The van der Waals surface area contributed by atoms with Crippen molar-refractivity contribution in [2.24, 2.45) is 0 Å². The van der Waals surface area contributed by atoms with Crippen molar-refractivity contribution in [1.82, 2.24) is 5.32 Å². The predicted molar refractivity (Wildman–Crippen MR) is 69.7 cm³/mol. The van der Waals surface area contributed by atoms with Crippen molar-refractivity contribution in [2.75, 3.05) is 6.61 Å². The molecule has 0 spiro atoms. The molecule has 0 amide bonds. The lowest BCUT2D eigenvalue weighted by Gasteiger charge is -2.30. The highest BCUT2D eigenvalue weighted by molar-refractivity contribution is 5.06. The van der Waals surface area contributed by atoms with Crippen LogP contribution in [0.25, 0.3) is 0 Å². The number of nitrogens with zero attached hydrogens (tertiary/aromatic N) is 1. The lowest BCUT2D eigenvalue weighted by molar-refractivity contribution is -0.000954. The molecule has 1 N–H and O–H groups in total. The molecule has 1 rings (SSSR count). The van der Waals surface area contributed by atoms with Crippen LogP contribution in [0.5, 0.6) is 0 Å². The van der Waals surface area contributed by atoms with Crippen LogP contribution in [0.1, 0.15) is 59.3 Å². The van der Waals surface area contributed by atoms with E-state index in [0.717, 1.165) is 25.9 Å². The lowest BCUT2D eigenvalue weighted by atomic mass is 9.91. The molecule has 3 nitrogen and oxygen atoms in total. The minimum absolute atomic E-state index is 0.349. The van der Waals surface area contributed by atoms with Gasteiger partial charge in [-0.25, -0.2) is 0 Å². The fourth-order valence-electron chi connectivity index (χ4n) is 2.23. The molecule has 0 bridgehead atoms. The fraction of sp³-hybridized carbons (Fsp3) is 0.929. The summed E-state index contributed by atoms with van der Waals surface area (Å²) in [5.41, 5.74) is -0.364. The molecule has 1 fully saturated rings. The maximum atomic E-state index is 9.34. The lowest BCUT2D eigenvalue weighted by Crippen LogP contribution is -2.47. The molecule has 0 saturated heterocycles. The van der Waals surface area contributed by atoms with Gasteiger partial charge in [-0.15, -0.1) is 0 Å². The van der Waals surface area contributed by atoms with E-state index in [1.54, 1.807) is 0 Å². The first kappa shape index (κ1) is 14.5. The van der Waals surface area contributed by atoms with Gasteiger partial charge in [-0.3, -0.25) is 5.32 Å². The topological polar surface area (TPSA) is 45.0 Å². The molecule has 17 heavy (non-hydrogen) atoms. The van der Waals surface area contributed by atoms with Gasteiger partial charge in [-0.1, -0.05) is 6.92 Å². The Morgan fingerprint density at radius 1 is 1.47 bits per heavy atom. The van der Waals surface area contributed by atoms with Gasteiger partial charge in [-0.2, -0.15) is 5.26 Å². The molecule has 1 atom stereocenters. The van der Waals surface area contributed by atoms with Crippen LogP contribution in [0.2, 0.25) is 0 Å². The number of hydrogen-bond acceptors (Lipinski definition) is 3. The Hall–Kier alpha value is -0.590. The standard InChI is InChI=1S/C14H26N2O/c1-4-14(11-15,16-12(2)3)9-6-10-17-13-7-5-8-13/h12-13,16H,4-10H2,1-3H3. The third kappa shape index (κ3) is 4.65. The Balaban J connectivity index is 2.25. The zero-order chi connectivity index (χ0) is 12.7. The highest BCUT2D eigenvalue weighted by atomic mass is 16.5. The van der Waals surface area contributed by atoms with Crippen LogP contribution in [-0.2, 0) is 4.74 Å². The van der Waals surface area contributed by atoms with Crippen LogP contribution in [0, 0.1) is 11.3 Å². The number of ether oxygens (including phenoxy) is 1. The Kier molecular flexibility index (Phi) is 5.94. The van der Waals surface area contributed by atoms with Gasteiger partial charge in [-0.05, 0) is 52.4 Å². The molecule has 0 aromatic rings. The van der Waals surface area contributed by atoms with E-state index in [1.165, 1.54) is 19.3 Å². The molecule has 0 aromatic carbocycles. The van der Waals surface area contributed by atoms with E-state index in [0.29, 0.717) is 12.1 Å². The molecule has 3 heteroatoms. The van der Waals surface area contributed by atoms with E-state index >= 15 is 0 Å². The van der Waals surface area contributed by atoms with Gasteiger partial charge >= 0.3 is 0 Å². The van der Waals surface area contributed by atoms with Crippen LogP contribution < -0.4 is 5.32 Å². The fourth-order valence-corrected chi connectivity index (χ4v) is 2.23. The molecule has 0 aliphatic heterocycles. The van der Waals surface area contributed by atoms with Crippen LogP contribution in [0.3, 0.4) is 0 Å². The van der Waals surface area contributed by atoms with E-state index in [4.69, 9.17) is 4.74 Å². The van der Waals surface area contributed by atoms with Gasteiger partial charge in [0, 0.05) is 12.6 Å². The quantitative estimate of drug-likeness (QED) is 0.661. The molecular weight excluding hydrogens is 212 g/mol. The van der Waals surface area contributed by atoms with Crippen molar-refractivity contribution in [3.63, 3.8) is 0 Å². The zero-order valence-corrected chi connectivity index (χ0v) is 11.5. The largest absolute Gasteiger partial charge is 0.378 e. The first-order valence-corrected chi connectivity index (χ1v) is 6.92. The number of nitrogens with one attached hydrogen (secondary N) is 1. The zero-order valence-electron chi connectivity index (χ0n) is 11.5. The Labute approximate surface area is 106 Å². The van der Waals surface area contributed by atoms with Gasteiger partial charge < -0.3 is 4.74 Å². The van der Waals surface area contributed by atoms with Crippen molar-refractivity contribution in [3.05, 3.63) is 0 Å². The molecule has 1 aliphatic rings. The third-order valence-electron chi connectivity index (χ3n) is 3.54. The first-order valence-electron chi connectivity index (χ1n) is 6.92. The summed E-state index contributed by atoms with van der Waals surface area (Å²) >= 11 is 0. The van der Waals surface area contributed by atoms with Crippen LogP contribution in [0.15, 0.2) is 0 Å². The number of nitriles is 1. The summed E-state index contributed by atoms with van der Waals surface area (Å²) in [6, 6.07) is 2.80. The Morgan fingerprint density at radius 3 is 2.59 bits per heavy atom. The van der Waals surface area contributed by atoms with E-state index < -0.39 is 0 Å². The maximum Gasteiger partial charge on any atom is 0.106 e. The van der Waals surface area contributed by atoms with E-state index in [2.05, 4.69) is 32.2 Å². The normalized spacial score (nSPS) is 19.7. The molecule has 1 aliphatic carbocycles. The third-order valence-corrected chi connectivity index (χ3v) is 3.54. The van der Waals surface area contributed by atoms with Crippen molar-refractivity contribution in [2.45, 2.75) is 77.0 Å². The first-order chi connectivity index (χ1) is 8.12. The molecule has 0 radical (unpaired) electrons. The van der Waals surface area contributed by atoms with Crippen molar-refractivity contribution in [1.29, 1.82) is 5.26 Å². The summed E-state index contributed by atoms with van der Waals surface area (Å²) in [4.78, 5) is 0. The second-order valence-electron chi connectivity index (χ2n) is 5.37. The average Bonchev–Trinajstić information content (AvgIpc) is 2.24. The Morgan fingerprint density at radius 2 is 2.18 bits per heavy atom. The van der Waals surface area contributed by atoms with Gasteiger partial charge in [0.25, 0.3) is 0 Å². The second kappa shape index (κ2) is 6.98. The second-order valence-corrected chi connectivity index (χ2v) is 5.37. The van der Waals surface area contributed by atoms with Crippen molar-refractivity contribution in [3.8, 4) is 6.07 Å². The minimum atomic E-state index is -0.364. The van der Waals surface area contributed by atoms with Crippen LogP contribution in [-0.4, -0.2) is 24.3 Å². The average molecular weight is 238 g/mol. The molecule has 1 saturated carbocycles. The molecule has 98 valence electrons. The predicted octanol–water partition coefficient (Wildman–Crippen LogP) is 3.01. The van der Waals surface area contributed by atoms with Gasteiger partial charge in [0.15, 0.2) is 0 Å².